The fraction of sp³-hybridized carbons (Fsp3) is 0.300. The molecule has 1 fully saturated rings. The molecule has 6 nitrogen and oxygen atoms in total. The molecule has 6 heteroatoms. The lowest BCUT2D eigenvalue weighted by Gasteiger charge is -2.38. The molecule has 0 bridgehead atoms. The number of hydrogen-bond donors (Lipinski definition) is 2. The van der Waals surface area contributed by atoms with E-state index in [1.54, 1.807) is 29.2 Å². The largest absolute Gasteiger partial charge is 0.478 e. The Morgan fingerprint density at radius 2 is 1.58 bits per heavy atom. The Hall–Kier alpha value is -3.02. The highest BCUT2D eigenvalue weighted by Crippen LogP contribution is 2.29. The third-order valence-corrected chi connectivity index (χ3v) is 4.59. The van der Waals surface area contributed by atoms with Crippen molar-refractivity contribution in [3.05, 3.63) is 66.2 Å². The van der Waals surface area contributed by atoms with E-state index in [0.717, 1.165) is 5.56 Å². The first-order valence-corrected chi connectivity index (χ1v) is 8.63. The highest BCUT2D eigenvalue weighted by molar-refractivity contribution is 5.79. The van der Waals surface area contributed by atoms with Crippen LogP contribution in [0.25, 0.3) is 0 Å². The Morgan fingerprint density at radius 3 is 2.15 bits per heavy atom. The molecule has 0 radical (unpaired) electrons. The fourth-order valence-electron chi connectivity index (χ4n) is 3.03. The van der Waals surface area contributed by atoms with E-state index >= 15 is 0 Å². The maximum atomic E-state index is 12.3. The lowest BCUT2D eigenvalue weighted by molar-refractivity contribution is -0.159. The average molecular weight is 354 g/mol. The van der Waals surface area contributed by atoms with Gasteiger partial charge in [0.25, 0.3) is 0 Å². The van der Waals surface area contributed by atoms with E-state index in [9.17, 15) is 14.7 Å². The van der Waals surface area contributed by atoms with Crippen molar-refractivity contribution >= 4 is 12.0 Å². The summed E-state index contributed by atoms with van der Waals surface area (Å²) in [5.41, 5.74) is -0.275. The molecular formula is C20H22N2O4. The maximum absolute atomic E-state index is 12.3. The van der Waals surface area contributed by atoms with Gasteiger partial charge in [-0.05, 0) is 17.7 Å². The molecule has 2 aromatic carbocycles. The molecule has 0 unspecified atom stereocenters. The Labute approximate surface area is 152 Å². The monoisotopic (exact) mass is 354 g/mol. The van der Waals surface area contributed by atoms with Crippen molar-refractivity contribution < 1.29 is 19.4 Å². The van der Waals surface area contributed by atoms with Crippen LogP contribution in [0.3, 0.4) is 0 Å². The van der Waals surface area contributed by atoms with E-state index in [-0.39, 0.29) is 18.9 Å². The molecule has 3 rings (SSSR count). The molecule has 26 heavy (non-hydrogen) atoms. The van der Waals surface area contributed by atoms with E-state index in [1.807, 2.05) is 36.4 Å². The van der Waals surface area contributed by atoms with Gasteiger partial charge in [-0.2, -0.15) is 0 Å². The number of benzene rings is 2. The zero-order chi connectivity index (χ0) is 18.4. The van der Waals surface area contributed by atoms with E-state index in [4.69, 9.17) is 4.74 Å². The minimum atomic E-state index is -1.29. The molecule has 0 spiro atoms. The zero-order valence-corrected chi connectivity index (χ0v) is 14.4. The van der Waals surface area contributed by atoms with Crippen LogP contribution in [-0.2, 0) is 11.3 Å². The number of amides is 2. The number of ether oxygens (including phenoxy) is 1. The van der Waals surface area contributed by atoms with Crippen LogP contribution >= 0.6 is 0 Å². The van der Waals surface area contributed by atoms with Crippen LogP contribution in [0.2, 0.25) is 0 Å². The van der Waals surface area contributed by atoms with Crippen molar-refractivity contribution in [1.29, 1.82) is 0 Å². The van der Waals surface area contributed by atoms with Gasteiger partial charge in [-0.25, -0.2) is 9.59 Å². The van der Waals surface area contributed by atoms with E-state index in [1.165, 1.54) is 0 Å². The Bertz CT molecular complexity index is 741. The average Bonchev–Trinajstić information content (AvgIpc) is 2.68. The quantitative estimate of drug-likeness (QED) is 0.865. The van der Waals surface area contributed by atoms with Crippen LogP contribution in [0.1, 0.15) is 18.4 Å². The van der Waals surface area contributed by atoms with Crippen molar-refractivity contribution in [2.45, 2.75) is 25.0 Å². The van der Waals surface area contributed by atoms with E-state index < -0.39 is 11.6 Å². The van der Waals surface area contributed by atoms with Gasteiger partial charge < -0.3 is 20.1 Å². The molecule has 1 aliphatic rings. The van der Waals surface area contributed by atoms with Crippen LogP contribution in [0.5, 0.6) is 5.75 Å². The lowest BCUT2D eigenvalue weighted by Crippen LogP contribution is -2.55. The maximum Gasteiger partial charge on any atom is 0.348 e. The van der Waals surface area contributed by atoms with Gasteiger partial charge >= 0.3 is 12.0 Å². The SMILES string of the molecule is O=C(NCc1ccccc1)N1CCC(Oc2ccccc2)(C(=O)O)CC1. The molecule has 0 atom stereocenters. The van der Waals surface area contributed by atoms with Gasteiger partial charge in [-0.15, -0.1) is 0 Å². The van der Waals surface area contributed by atoms with Crippen LogP contribution in [0.4, 0.5) is 4.79 Å². The van der Waals surface area contributed by atoms with Crippen LogP contribution < -0.4 is 10.1 Å². The first-order valence-electron chi connectivity index (χ1n) is 8.63. The van der Waals surface area contributed by atoms with Gasteiger partial charge in [-0.1, -0.05) is 48.5 Å². The molecule has 2 amide bonds. The van der Waals surface area contributed by atoms with Crippen LogP contribution in [-0.4, -0.2) is 40.7 Å². The van der Waals surface area contributed by atoms with Gasteiger partial charge in [0, 0.05) is 32.5 Å². The van der Waals surface area contributed by atoms with Crippen LogP contribution in [0.15, 0.2) is 60.7 Å². The minimum absolute atomic E-state index is 0.187. The highest BCUT2D eigenvalue weighted by Gasteiger charge is 2.44. The number of carbonyl (C=O) groups is 2. The number of hydrogen-bond acceptors (Lipinski definition) is 3. The predicted octanol–water partition coefficient (Wildman–Crippen LogP) is 2.89. The molecule has 1 heterocycles. The number of carboxylic acids is 1. The summed E-state index contributed by atoms with van der Waals surface area (Å²) in [6, 6.07) is 18.4. The molecule has 0 saturated carbocycles. The number of likely N-dealkylation sites (tertiary alicyclic amines) is 1. The molecular weight excluding hydrogens is 332 g/mol. The van der Waals surface area contributed by atoms with Gasteiger partial charge in [-0.3, -0.25) is 0 Å². The molecule has 1 aliphatic heterocycles. The summed E-state index contributed by atoms with van der Waals surface area (Å²) in [7, 11) is 0. The standard InChI is InChI=1S/C20H22N2O4/c23-18(24)20(26-17-9-5-2-6-10-17)11-13-22(14-12-20)19(25)21-15-16-7-3-1-4-8-16/h1-10H,11-15H2,(H,21,25)(H,23,24). The van der Waals surface area contributed by atoms with E-state index in [0.29, 0.717) is 25.4 Å². The number of urea groups is 1. The number of nitrogens with zero attached hydrogens (tertiary/aromatic N) is 1. The van der Waals surface area contributed by atoms with Crippen molar-refractivity contribution in [1.82, 2.24) is 10.2 Å². The highest BCUT2D eigenvalue weighted by atomic mass is 16.5. The third kappa shape index (κ3) is 4.14. The zero-order valence-electron chi connectivity index (χ0n) is 14.4. The Balaban J connectivity index is 1.57. The molecule has 2 aromatic rings. The number of carboxylic acid groups (broad SMARTS) is 1. The topological polar surface area (TPSA) is 78.9 Å². The predicted molar refractivity (Wildman–Crippen MR) is 96.9 cm³/mol. The van der Waals surface area contributed by atoms with Gasteiger partial charge in [0.1, 0.15) is 5.75 Å². The summed E-state index contributed by atoms with van der Waals surface area (Å²) in [5.74, 6) is -0.470. The number of piperidine rings is 1. The summed E-state index contributed by atoms with van der Waals surface area (Å²) in [5, 5.41) is 12.6. The first-order chi connectivity index (χ1) is 12.6. The molecule has 0 aromatic heterocycles. The number of rotatable bonds is 5. The molecule has 1 saturated heterocycles. The molecule has 2 N–H and O–H groups in total. The lowest BCUT2D eigenvalue weighted by atomic mass is 9.91. The third-order valence-electron chi connectivity index (χ3n) is 4.59. The van der Waals surface area contributed by atoms with Gasteiger partial charge in [0.05, 0.1) is 0 Å². The summed E-state index contributed by atoms with van der Waals surface area (Å²) in [6.07, 6.45) is 0.492. The van der Waals surface area contributed by atoms with Gasteiger partial charge in [0.2, 0.25) is 5.60 Å². The van der Waals surface area contributed by atoms with Crippen molar-refractivity contribution in [3.63, 3.8) is 0 Å². The Morgan fingerprint density at radius 1 is 1.00 bits per heavy atom. The normalized spacial score (nSPS) is 15.9. The second-order valence-corrected chi connectivity index (χ2v) is 6.35. The fourth-order valence-corrected chi connectivity index (χ4v) is 3.03. The summed E-state index contributed by atoms with van der Waals surface area (Å²) < 4.78 is 5.80. The smallest absolute Gasteiger partial charge is 0.348 e. The number of aliphatic carboxylic acids is 1. The van der Waals surface area contributed by atoms with Crippen molar-refractivity contribution in [3.8, 4) is 5.75 Å². The van der Waals surface area contributed by atoms with Crippen LogP contribution in [0, 0.1) is 0 Å². The minimum Gasteiger partial charge on any atom is -0.478 e. The summed E-state index contributed by atoms with van der Waals surface area (Å²) >= 11 is 0. The molecule has 136 valence electrons. The summed E-state index contributed by atoms with van der Waals surface area (Å²) in [6.45, 7) is 1.11. The number of nitrogens with one attached hydrogen (secondary N) is 1. The molecule has 0 aliphatic carbocycles. The second kappa shape index (κ2) is 7.91. The van der Waals surface area contributed by atoms with Gasteiger partial charge in [0.15, 0.2) is 0 Å². The van der Waals surface area contributed by atoms with E-state index in [2.05, 4.69) is 5.32 Å². The number of para-hydroxylation sites is 1. The van der Waals surface area contributed by atoms with Crippen molar-refractivity contribution in [2.24, 2.45) is 0 Å². The second-order valence-electron chi connectivity index (χ2n) is 6.35. The number of carbonyl (C=O) groups excluding carboxylic acids is 1. The summed E-state index contributed by atoms with van der Waals surface area (Å²) in [4.78, 5) is 25.8. The Kier molecular flexibility index (Phi) is 5.41. The van der Waals surface area contributed by atoms with Crippen molar-refractivity contribution in [2.75, 3.05) is 13.1 Å². The first kappa shape index (κ1) is 17.8.